The first kappa shape index (κ1) is 84.9. The van der Waals surface area contributed by atoms with Crippen LogP contribution in [0, 0.1) is 12.3 Å². The number of benzene rings is 4. The molecule has 5 aromatic rings. The lowest BCUT2D eigenvalue weighted by Crippen LogP contribution is -2.28. The summed E-state index contributed by atoms with van der Waals surface area (Å²) in [6.45, 7) is 20.7. The van der Waals surface area contributed by atoms with E-state index in [1.807, 2.05) is 73.1 Å². The van der Waals surface area contributed by atoms with Gasteiger partial charge in [0.05, 0.1) is 112 Å². The molecule has 30 heteroatoms. The van der Waals surface area contributed by atoms with Crippen LogP contribution in [-0.2, 0) is 88.0 Å². The predicted octanol–water partition coefficient (Wildman–Crippen LogP) is 10.8. The van der Waals surface area contributed by atoms with Crippen LogP contribution in [0.3, 0.4) is 0 Å². The minimum absolute atomic E-state index is 0.103. The summed E-state index contributed by atoms with van der Waals surface area (Å²) in [5, 5.41) is 11.7. The maximum absolute atomic E-state index is 13.2. The molecular weight excluding hydrogens is 1470 g/mol. The van der Waals surface area contributed by atoms with Gasteiger partial charge in [-0.3, -0.25) is 23.2 Å². The van der Waals surface area contributed by atoms with Crippen molar-refractivity contribution in [3.05, 3.63) is 165 Å². The average molecular weight is 1570 g/mol. The molecule has 2 aliphatic carbocycles. The van der Waals surface area contributed by atoms with Gasteiger partial charge in [-0.1, -0.05) is 64.1 Å². The van der Waals surface area contributed by atoms with E-state index in [0.29, 0.717) is 189 Å². The zero-order chi connectivity index (χ0) is 78.4. The number of allylic oxidation sites excluding steroid dienone is 8. The van der Waals surface area contributed by atoms with Gasteiger partial charge >= 0.3 is 0 Å². The van der Waals surface area contributed by atoms with E-state index < -0.39 is 62.8 Å². The van der Waals surface area contributed by atoms with E-state index in [0.717, 1.165) is 63.5 Å². The summed E-state index contributed by atoms with van der Waals surface area (Å²) in [6, 6.07) is 22.7. The maximum Gasteiger partial charge on any atom is 0.294 e. The quantitative estimate of drug-likeness (QED) is 0.0138. The number of hydrogen-bond acceptors (Lipinski definition) is 20. The zero-order valence-electron chi connectivity index (χ0n) is 63.4. The first-order chi connectivity index (χ1) is 50.9. The topological polar surface area (TPSA) is 352 Å². The van der Waals surface area contributed by atoms with Gasteiger partial charge in [-0.2, -0.15) is 34.9 Å². The van der Waals surface area contributed by atoms with Gasteiger partial charge in [0.25, 0.3) is 36.3 Å². The van der Waals surface area contributed by atoms with Crippen LogP contribution >= 0.6 is 0 Å². The highest BCUT2D eigenvalue weighted by Gasteiger charge is 2.46. The van der Waals surface area contributed by atoms with Crippen LogP contribution in [-0.4, -0.2) is 206 Å². The first-order valence-corrected chi connectivity index (χ1v) is 42.8. The number of amides is 1. The normalized spacial score (nSPS) is 17.2. The lowest BCUT2D eigenvalue weighted by Gasteiger charge is -2.29. The molecule has 4 aliphatic rings. The van der Waals surface area contributed by atoms with Gasteiger partial charge in [0.1, 0.15) is 6.54 Å². The number of carbonyl (C=O) groups excluding carboxylic acids is 2. The molecular formula is C78H105N7O19S4. The maximum atomic E-state index is 13.2. The second kappa shape index (κ2) is 36.8. The predicted molar refractivity (Wildman–Crippen MR) is 414 cm³/mol. The number of aryl methyl sites for hydroxylation is 1. The molecule has 1 aromatic heterocycles. The minimum atomic E-state index is -4.57. The van der Waals surface area contributed by atoms with Crippen molar-refractivity contribution in [2.24, 2.45) is 5.41 Å². The summed E-state index contributed by atoms with van der Waals surface area (Å²) in [4.78, 5) is 29.3. The Bertz CT molecular complexity index is 4710. The van der Waals surface area contributed by atoms with E-state index in [1.165, 1.54) is 24.3 Å². The van der Waals surface area contributed by atoms with Crippen molar-refractivity contribution in [1.29, 1.82) is 0 Å². The number of hydrogen-bond donors (Lipinski definition) is 5. The van der Waals surface area contributed by atoms with Crippen LogP contribution in [0.25, 0.3) is 11.3 Å². The summed E-state index contributed by atoms with van der Waals surface area (Å²) in [6.07, 6.45) is 13.8. The molecule has 590 valence electrons. The first-order valence-electron chi connectivity index (χ1n) is 36.7. The number of ether oxygens (including phenoxy) is 5. The monoisotopic (exact) mass is 1570 g/mol. The Morgan fingerprint density at radius 1 is 0.667 bits per heavy atom. The number of nitrogens with zero attached hydrogens (tertiary/aromatic N) is 5. The van der Waals surface area contributed by atoms with Crippen LogP contribution in [0.15, 0.2) is 130 Å². The minimum Gasteiger partial charge on any atom is -0.748 e. The standard InChI is InChI=1S/C78H105N7O19S4/c1-55-73-69(52-76(2,3)53-70(73)86)85(81-55)60-25-28-63(75(87)82(8)9)66(49-60)80-34-16-38-101-40-42-103-44-46-104-45-43-102-41-39-100-37-15-33-79-54-56-19-21-59(22-20-56)74-57(23-31-71-77(4,5)64-50-61(107(94,95)96)26-29-67(64)83(71)35-10-12-47-105(88,89)90)17-14-18-58(74)24-32-72-78(6,7)65-51-62(108(97,98)99)27-30-68(65)84(72)36-11-13-48-106(91,92)93/h19-32,49-51,79H,10-18,33-48,52-54H2,1-9H3,(H4-,80,87,88,89,90,91,92,93,94,95,96,97,98,99). The molecule has 4 aromatic carbocycles. The van der Waals surface area contributed by atoms with Crippen LogP contribution in [0.5, 0.6) is 0 Å². The Kier molecular flexibility index (Phi) is 28.9. The van der Waals surface area contributed by atoms with Gasteiger partial charge in [-0.25, -0.2) is 13.1 Å². The van der Waals surface area contributed by atoms with E-state index in [-0.39, 0.29) is 39.7 Å². The smallest absolute Gasteiger partial charge is 0.294 e. The molecule has 0 atom stereocenters. The molecule has 0 fully saturated rings. The van der Waals surface area contributed by atoms with Crippen molar-refractivity contribution < 1.29 is 89.7 Å². The lowest BCUT2D eigenvalue weighted by molar-refractivity contribution is -0.438. The van der Waals surface area contributed by atoms with Gasteiger partial charge in [-0.15, -0.1) is 0 Å². The largest absolute Gasteiger partial charge is 0.748 e. The molecule has 0 spiro atoms. The Morgan fingerprint density at radius 2 is 1.27 bits per heavy atom. The number of aromatic nitrogens is 2. The van der Waals surface area contributed by atoms with E-state index in [4.69, 9.17) is 28.8 Å². The highest BCUT2D eigenvalue weighted by atomic mass is 32.2. The number of anilines is 2. The van der Waals surface area contributed by atoms with Crippen molar-refractivity contribution in [3.8, 4) is 5.69 Å². The fourth-order valence-corrected chi connectivity index (χ4v) is 16.6. The molecule has 0 radical (unpaired) electrons. The highest BCUT2D eigenvalue weighted by molar-refractivity contribution is 7.86. The van der Waals surface area contributed by atoms with Crippen LogP contribution in [0.2, 0.25) is 0 Å². The fourth-order valence-electron chi connectivity index (χ4n) is 14.5. The number of ketones is 1. The highest BCUT2D eigenvalue weighted by Crippen LogP contribution is 2.50. The molecule has 26 nitrogen and oxygen atoms in total. The molecule has 9 rings (SSSR count). The molecule has 0 bridgehead atoms. The van der Waals surface area contributed by atoms with Gasteiger partial charge in [0, 0.05) is 106 Å². The Hall–Kier alpha value is -7.14. The molecule has 0 saturated carbocycles. The van der Waals surface area contributed by atoms with Crippen LogP contribution < -0.4 is 15.5 Å². The molecule has 0 saturated heterocycles. The molecule has 0 unspecified atom stereocenters. The Labute approximate surface area is 636 Å². The van der Waals surface area contributed by atoms with Gasteiger partial charge in [-0.05, 0) is 179 Å². The van der Waals surface area contributed by atoms with E-state index >= 15 is 0 Å². The molecule has 1 amide bonds. The third-order valence-corrected chi connectivity index (χ3v) is 23.2. The van der Waals surface area contributed by atoms with E-state index in [2.05, 4.69) is 60.9 Å². The van der Waals surface area contributed by atoms with Crippen molar-refractivity contribution in [1.82, 2.24) is 20.0 Å². The number of Topliss-reactive ketones (excluding diaryl/α,β-unsaturated/α-hetero) is 1. The summed E-state index contributed by atoms with van der Waals surface area (Å²) in [5.74, 6) is -0.991. The molecule has 108 heavy (non-hydrogen) atoms. The summed E-state index contributed by atoms with van der Waals surface area (Å²) in [5.41, 5.74) is 11.6. The van der Waals surface area contributed by atoms with Crippen molar-refractivity contribution in [2.75, 3.05) is 128 Å². The van der Waals surface area contributed by atoms with Gasteiger partial charge in [0.15, 0.2) is 11.5 Å². The number of carbonyl (C=O) groups is 2. The van der Waals surface area contributed by atoms with Gasteiger partial charge in [0.2, 0.25) is 5.69 Å². The van der Waals surface area contributed by atoms with E-state index in [9.17, 15) is 61.5 Å². The second-order valence-corrected chi connectivity index (χ2v) is 35.7. The number of unbranched alkanes of at least 4 members (excludes halogenated alkanes) is 2. The van der Waals surface area contributed by atoms with Crippen molar-refractivity contribution in [3.63, 3.8) is 0 Å². The molecule has 3 heterocycles. The van der Waals surface area contributed by atoms with Crippen molar-refractivity contribution >= 4 is 80.5 Å². The lowest BCUT2D eigenvalue weighted by atomic mass is 9.75. The number of fused-ring (bicyclic) bond motifs is 3. The molecule has 5 N–H and O–H groups in total. The summed E-state index contributed by atoms with van der Waals surface area (Å²) >= 11 is 0. The fraction of sp³-hybridized carbons (Fsp3) is 0.513. The summed E-state index contributed by atoms with van der Waals surface area (Å²) in [7, 11) is -14.4. The third kappa shape index (κ3) is 22.6. The Balaban J connectivity index is 0.750. The number of rotatable bonds is 41. The average Bonchev–Trinajstić information content (AvgIpc) is 1.59. The number of nitrogens with one attached hydrogen (secondary N) is 2. The van der Waals surface area contributed by atoms with Gasteiger partial charge < -0.3 is 48.7 Å². The molecule has 2 aliphatic heterocycles. The third-order valence-electron chi connectivity index (χ3n) is 19.9. The van der Waals surface area contributed by atoms with Crippen LogP contribution in [0.1, 0.15) is 160 Å². The zero-order valence-corrected chi connectivity index (χ0v) is 66.6. The second-order valence-electron chi connectivity index (χ2n) is 29.8. The van der Waals surface area contributed by atoms with Crippen LogP contribution in [0.4, 0.5) is 17.1 Å². The SMILES string of the molecule is Cc1nn(-c2ccc(C(=O)N(C)C)c(NCCCOCCOCCOCCOCCOCCCNCc3ccc(C4=C(/C=C/C5=[N+](CCCCS(=O)(=O)O)c6ccc(S(=O)(=O)O)cc6C5(C)C)CCC/C4=C\C=C4/N(CCCCS(=O)(=O)[O-])c5ccc(S(=O)(=O)O)cc5C4(C)C)cc3)c2)c2c1C(=O)CC(C)(C)C2. The summed E-state index contributed by atoms with van der Waals surface area (Å²) < 4.78 is 171. The van der Waals surface area contributed by atoms with Crippen molar-refractivity contribution in [2.45, 2.75) is 146 Å². The Morgan fingerprint density at radius 3 is 1.88 bits per heavy atom. The van der Waals surface area contributed by atoms with E-state index in [1.54, 1.807) is 37.2 Å².